The predicted molar refractivity (Wildman–Crippen MR) is 108 cm³/mol. The van der Waals surface area contributed by atoms with Crippen molar-refractivity contribution in [3.8, 4) is 11.1 Å². The van der Waals surface area contributed by atoms with Gasteiger partial charge in [-0.3, -0.25) is 4.79 Å². The minimum absolute atomic E-state index is 0.220. The Balaban J connectivity index is 1.81. The van der Waals surface area contributed by atoms with Gasteiger partial charge in [-0.2, -0.15) is 0 Å². The quantitative estimate of drug-likeness (QED) is 0.438. The third-order valence-electron chi connectivity index (χ3n) is 4.65. The van der Waals surface area contributed by atoms with E-state index in [-0.39, 0.29) is 10.8 Å². The maximum absolute atomic E-state index is 13.7. The number of hydrogen-bond donors (Lipinski definition) is 0. The first-order valence-electron chi connectivity index (χ1n) is 9.10. The summed E-state index contributed by atoms with van der Waals surface area (Å²) in [6.07, 6.45) is -0.461. The van der Waals surface area contributed by atoms with E-state index in [2.05, 4.69) is 0 Å². The van der Waals surface area contributed by atoms with Crippen LogP contribution in [0, 0.1) is 5.82 Å². The van der Waals surface area contributed by atoms with Gasteiger partial charge in [0.15, 0.2) is 0 Å². The molecule has 1 atom stereocenters. The van der Waals surface area contributed by atoms with E-state index in [1.807, 2.05) is 67.6 Å². The highest BCUT2D eigenvalue weighted by Gasteiger charge is 2.21. The van der Waals surface area contributed by atoms with Gasteiger partial charge < -0.3 is 9.15 Å². The molecule has 0 aliphatic heterocycles. The largest absolute Gasteiger partial charge is 0.457 e. The maximum Gasteiger partial charge on any atom is 0.200 e. The summed E-state index contributed by atoms with van der Waals surface area (Å²) in [4.78, 5) is 13.2. The first-order valence-corrected chi connectivity index (χ1v) is 9.10. The molecule has 0 saturated heterocycles. The standard InChI is InChI=1S/C24H19FO3/c1-16(27-15-17-8-4-2-5-9-17)24-22(18-10-6-3-7-11-18)23(26)20-14-19(25)12-13-21(20)28-24/h2-14,16H,15H2,1H3. The van der Waals surface area contributed by atoms with Crippen molar-refractivity contribution in [2.45, 2.75) is 19.6 Å². The van der Waals surface area contributed by atoms with Crippen LogP contribution >= 0.6 is 0 Å². The molecule has 0 aliphatic rings. The van der Waals surface area contributed by atoms with Crippen LogP contribution in [0.2, 0.25) is 0 Å². The van der Waals surface area contributed by atoms with E-state index in [1.165, 1.54) is 18.2 Å². The fourth-order valence-corrected chi connectivity index (χ4v) is 3.22. The molecule has 3 nitrogen and oxygen atoms in total. The molecule has 0 radical (unpaired) electrons. The summed E-state index contributed by atoms with van der Waals surface area (Å²) in [7, 11) is 0. The highest BCUT2D eigenvalue weighted by molar-refractivity contribution is 5.83. The molecule has 1 aromatic heterocycles. The first-order chi connectivity index (χ1) is 13.6. The number of fused-ring (bicyclic) bond motifs is 1. The lowest BCUT2D eigenvalue weighted by molar-refractivity contribution is 0.0389. The summed E-state index contributed by atoms with van der Waals surface area (Å²) in [6.45, 7) is 2.24. The van der Waals surface area contributed by atoms with Gasteiger partial charge in [0.1, 0.15) is 23.3 Å². The van der Waals surface area contributed by atoms with Gasteiger partial charge in [0.25, 0.3) is 0 Å². The van der Waals surface area contributed by atoms with Crippen molar-refractivity contribution in [3.63, 3.8) is 0 Å². The van der Waals surface area contributed by atoms with Gasteiger partial charge in [-0.15, -0.1) is 0 Å². The van der Waals surface area contributed by atoms with E-state index in [1.54, 1.807) is 0 Å². The average molecular weight is 374 g/mol. The van der Waals surface area contributed by atoms with E-state index in [0.717, 1.165) is 5.56 Å². The molecular formula is C24H19FO3. The Morgan fingerprint density at radius 3 is 2.36 bits per heavy atom. The molecule has 140 valence electrons. The molecule has 0 amide bonds. The zero-order valence-corrected chi connectivity index (χ0v) is 15.4. The van der Waals surface area contributed by atoms with E-state index < -0.39 is 11.9 Å². The Kier molecular flexibility index (Phi) is 5.04. The fourth-order valence-electron chi connectivity index (χ4n) is 3.22. The third-order valence-corrected chi connectivity index (χ3v) is 4.65. The number of hydrogen-bond acceptors (Lipinski definition) is 3. The van der Waals surface area contributed by atoms with Gasteiger partial charge in [0, 0.05) is 0 Å². The monoisotopic (exact) mass is 374 g/mol. The topological polar surface area (TPSA) is 39.4 Å². The van der Waals surface area contributed by atoms with E-state index in [4.69, 9.17) is 9.15 Å². The summed E-state index contributed by atoms with van der Waals surface area (Å²) in [5, 5.41) is 0.220. The molecule has 4 rings (SSSR count). The third kappa shape index (κ3) is 3.59. The Bertz CT molecular complexity index is 1150. The summed E-state index contributed by atoms with van der Waals surface area (Å²) >= 11 is 0. The lowest BCUT2D eigenvalue weighted by Gasteiger charge is -2.17. The SMILES string of the molecule is CC(OCc1ccccc1)c1oc2ccc(F)cc2c(=O)c1-c1ccccc1. The second-order valence-electron chi connectivity index (χ2n) is 6.62. The highest BCUT2D eigenvalue weighted by atomic mass is 19.1. The van der Waals surface area contributed by atoms with Crippen LogP contribution in [0.25, 0.3) is 22.1 Å². The number of ether oxygens (including phenoxy) is 1. The Morgan fingerprint density at radius 2 is 1.64 bits per heavy atom. The summed E-state index contributed by atoms with van der Waals surface area (Å²) in [5.41, 5.74) is 2.22. The van der Waals surface area contributed by atoms with Crippen molar-refractivity contribution >= 4 is 11.0 Å². The number of halogens is 1. The van der Waals surface area contributed by atoms with Crippen LogP contribution in [-0.4, -0.2) is 0 Å². The van der Waals surface area contributed by atoms with Crippen molar-refractivity contribution in [3.05, 3.63) is 106 Å². The van der Waals surface area contributed by atoms with Crippen molar-refractivity contribution in [1.82, 2.24) is 0 Å². The molecule has 4 heteroatoms. The Hall–Kier alpha value is -3.24. The zero-order chi connectivity index (χ0) is 19.5. The highest BCUT2D eigenvalue weighted by Crippen LogP contribution is 2.31. The van der Waals surface area contributed by atoms with Gasteiger partial charge in [0.05, 0.1) is 17.6 Å². The maximum atomic E-state index is 13.7. The number of benzene rings is 3. The van der Waals surface area contributed by atoms with Crippen LogP contribution in [0.15, 0.2) is 88.1 Å². The van der Waals surface area contributed by atoms with Crippen molar-refractivity contribution in [1.29, 1.82) is 0 Å². The Labute approximate surface area is 162 Å². The smallest absolute Gasteiger partial charge is 0.200 e. The second-order valence-corrected chi connectivity index (χ2v) is 6.62. The van der Waals surface area contributed by atoms with Gasteiger partial charge in [-0.25, -0.2) is 4.39 Å². The lowest BCUT2D eigenvalue weighted by Crippen LogP contribution is -2.12. The molecule has 0 bridgehead atoms. The summed E-state index contributed by atoms with van der Waals surface area (Å²) in [6, 6.07) is 23.0. The molecule has 0 aliphatic carbocycles. The molecule has 0 fully saturated rings. The summed E-state index contributed by atoms with van der Waals surface area (Å²) in [5.74, 6) is -0.0359. The summed E-state index contributed by atoms with van der Waals surface area (Å²) < 4.78 is 25.8. The van der Waals surface area contributed by atoms with Crippen LogP contribution in [0.1, 0.15) is 24.4 Å². The van der Waals surface area contributed by atoms with Crippen molar-refractivity contribution in [2.75, 3.05) is 0 Å². The van der Waals surface area contributed by atoms with Crippen LogP contribution in [-0.2, 0) is 11.3 Å². The fraction of sp³-hybridized carbons (Fsp3) is 0.125. The van der Waals surface area contributed by atoms with Gasteiger partial charge in [-0.05, 0) is 36.2 Å². The molecule has 0 saturated carbocycles. The Morgan fingerprint density at radius 1 is 0.964 bits per heavy atom. The van der Waals surface area contributed by atoms with Crippen LogP contribution in [0.4, 0.5) is 4.39 Å². The lowest BCUT2D eigenvalue weighted by atomic mass is 10.00. The van der Waals surface area contributed by atoms with Gasteiger partial charge in [-0.1, -0.05) is 60.7 Å². The van der Waals surface area contributed by atoms with Crippen molar-refractivity contribution in [2.24, 2.45) is 0 Å². The minimum atomic E-state index is -0.472. The molecule has 4 aromatic rings. The zero-order valence-electron chi connectivity index (χ0n) is 15.4. The van der Waals surface area contributed by atoms with E-state index in [0.29, 0.717) is 29.1 Å². The van der Waals surface area contributed by atoms with Crippen molar-refractivity contribution < 1.29 is 13.5 Å². The van der Waals surface area contributed by atoms with E-state index >= 15 is 0 Å². The molecule has 0 N–H and O–H groups in total. The number of rotatable bonds is 5. The molecule has 1 unspecified atom stereocenters. The van der Waals surface area contributed by atoms with Crippen LogP contribution in [0.5, 0.6) is 0 Å². The average Bonchev–Trinajstić information content (AvgIpc) is 2.73. The molecule has 1 heterocycles. The molecule has 28 heavy (non-hydrogen) atoms. The second kappa shape index (κ2) is 7.79. The predicted octanol–water partition coefficient (Wildman–Crippen LogP) is 5.88. The normalized spacial score (nSPS) is 12.2. The first kappa shape index (κ1) is 18.1. The van der Waals surface area contributed by atoms with Crippen LogP contribution in [0.3, 0.4) is 0 Å². The minimum Gasteiger partial charge on any atom is -0.457 e. The van der Waals surface area contributed by atoms with Gasteiger partial charge in [0.2, 0.25) is 5.43 Å². The van der Waals surface area contributed by atoms with E-state index in [9.17, 15) is 9.18 Å². The molecule has 0 spiro atoms. The molecular weight excluding hydrogens is 355 g/mol. The molecule has 3 aromatic carbocycles. The van der Waals surface area contributed by atoms with Crippen LogP contribution < -0.4 is 5.43 Å². The van der Waals surface area contributed by atoms with Gasteiger partial charge >= 0.3 is 0 Å².